The number of non-ortho nitro benzene ring substituents is 1. The maximum absolute atomic E-state index is 13.2. The summed E-state index contributed by atoms with van der Waals surface area (Å²) in [5, 5.41) is 10.7. The van der Waals surface area contributed by atoms with Crippen molar-refractivity contribution in [1.29, 1.82) is 0 Å². The SMILES string of the molecule is CC(C)(C)OC(=O)CCCCC(=O)N1CCN(C(=O)Oc2ccc(COC(=O)Oc3ccc([N+](=O)[O-])cc3)cc2)[C@@H]2CSSC[C@@H]21. The van der Waals surface area contributed by atoms with Gasteiger partial charge < -0.3 is 28.7 Å². The summed E-state index contributed by atoms with van der Waals surface area (Å²) < 4.78 is 21.1. The van der Waals surface area contributed by atoms with Crippen LogP contribution in [0.1, 0.15) is 52.0 Å². The maximum Gasteiger partial charge on any atom is 0.514 e. The van der Waals surface area contributed by atoms with Crippen molar-refractivity contribution in [3.63, 3.8) is 0 Å². The van der Waals surface area contributed by atoms with Gasteiger partial charge in [0.25, 0.3) is 5.69 Å². The third-order valence-corrected chi connectivity index (χ3v) is 9.56. The minimum atomic E-state index is -0.971. The highest BCUT2D eigenvalue weighted by molar-refractivity contribution is 8.76. The quantitative estimate of drug-likeness (QED) is 0.0726. The van der Waals surface area contributed by atoms with Crippen LogP contribution in [0.3, 0.4) is 0 Å². The Bertz CT molecular complexity index is 1400. The van der Waals surface area contributed by atoms with E-state index in [9.17, 15) is 29.3 Å². The van der Waals surface area contributed by atoms with E-state index in [2.05, 4.69) is 0 Å². The summed E-state index contributed by atoms with van der Waals surface area (Å²) in [6.07, 6.45) is 0.292. The van der Waals surface area contributed by atoms with E-state index in [4.69, 9.17) is 18.9 Å². The standard InChI is InChI=1S/C31H37N3O10S2/c1-31(2,3)44-28(36)7-5-4-6-27(35)32-16-17-33(26-20-46-45-19-25(26)32)29(37)42-23-12-8-21(9-13-23)18-41-30(38)43-24-14-10-22(11-15-24)34(39)40/h8-15,25-26H,4-7,16-20H2,1-3H3/t25-,26+/m0/s1. The van der Waals surface area contributed by atoms with Crippen LogP contribution in [0.25, 0.3) is 0 Å². The molecule has 0 saturated carbocycles. The first kappa shape index (κ1) is 34.9. The van der Waals surface area contributed by atoms with Gasteiger partial charge in [-0.2, -0.15) is 0 Å². The van der Waals surface area contributed by atoms with Crippen molar-refractivity contribution in [3.05, 3.63) is 64.2 Å². The van der Waals surface area contributed by atoms with Gasteiger partial charge in [-0.05, 0) is 63.4 Å². The van der Waals surface area contributed by atoms with Gasteiger partial charge in [-0.25, -0.2) is 9.59 Å². The number of piperazine rings is 1. The topological polar surface area (TPSA) is 155 Å². The predicted molar refractivity (Wildman–Crippen MR) is 172 cm³/mol. The molecule has 13 nitrogen and oxygen atoms in total. The summed E-state index contributed by atoms with van der Waals surface area (Å²) in [4.78, 5) is 64.1. The molecule has 2 amide bonds. The van der Waals surface area contributed by atoms with Gasteiger partial charge in [-0.3, -0.25) is 19.7 Å². The van der Waals surface area contributed by atoms with Crippen LogP contribution in [0.5, 0.6) is 11.5 Å². The Hall–Kier alpha value is -3.98. The molecule has 2 fully saturated rings. The number of fused-ring (bicyclic) bond motifs is 1. The average Bonchev–Trinajstić information content (AvgIpc) is 3.01. The zero-order valence-electron chi connectivity index (χ0n) is 25.9. The maximum atomic E-state index is 13.2. The Kier molecular flexibility index (Phi) is 12.2. The Balaban J connectivity index is 1.23. The number of carbonyl (C=O) groups excluding carboxylic acids is 4. The van der Waals surface area contributed by atoms with Crippen LogP contribution < -0.4 is 9.47 Å². The zero-order chi connectivity index (χ0) is 33.3. The van der Waals surface area contributed by atoms with Crippen molar-refractivity contribution in [2.75, 3.05) is 24.6 Å². The summed E-state index contributed by atoms with van der Waals surface area (Å²) in [5.74, 6) is 1.55. The fourth-order valence-electron chi connectivity index (χ4n) is 4.94. The Morgan fingerprint density at radius 1 is 0.848 bits per heavy atom. The van der Waals surface area contributed by atoms with E-state index in [0.29, 0.717) is 55.2 Å². The minimum Gasteiger partial charge on any atom is -0.460 e. The molecule has 2 saturated heterocycles. The van der Waals surface area contributed by atoms with Crippen molar-refractivity contribution in [3.8, 4) is 11.5 Å². The van der Waals surface area contributed by atoms with Gasteiger partial charge in [0.2, 0.25) is 5.91 Å². The first-order valence-electron chi connectivity index (χ1n) is 14.8. The largest absolute Gasteiger partial charge is 0.514 e. The number of esters is 1. The zero-order valence-corrected chi connectivity index (χ0v) is 27.5. The van der Waals surface area contributed by atoms with E-state index < -0.39 is 22.8 Å². The number of hydrogen-bond acceptors (Lipinski definition) is 12. The number of unbranched alkanes of at least 4 members (excludes halogenated alkanes) is 1. The fraction of sp³-hybridized carbons (Fsp3) is 0.484. The van der Waals surface area contributed by atoms with Crippen molar-refractivity contribution in [2.24, 2.45) is 0 Å². The van der Waals surface area contributed by atoms with E-state index in [1.54, 1.807) is 50.8 Å². The van der Waals surface area contributed by atoms with Crippen LogP contribution in [0.4, 0.5) is 15.3 Å². The van der Waals surface area contributed by atoms with E-state index in [1.807, 2.05) is 25.7 Å². The van der Waals surface area contributed by atoms with Crippen LogP contribution in [0, 0.1) is 10.1 Å². The number of ether oxygens (including phenoxy) is 4. The molecule has 2 aromatic rings. The number of carbonyl (C=O) groups is 4. The van der Waals surface area contributed by atoms with Crippen LogP contribution in [-0.2, 0) is 25.7 Å². The van der Waals surface area contributed by atoms with E-state index in [0.717, 1.165) is 0 Å². The second-order valence-electron chi connectivity index (χ2n) is 11.7. The molecule has 15 heteroatoms. The Morgan fingerprint density at radius 2 is 1.41 bits per heavy atom. The van der Waals surface area contributed by atoms with Gasteiger partial charge >= 0.3 is 18.2 Å². The normalized spacial score (nSPS) is 17.8. The smallest absolute Gasteiger partial charge is 0.460 e. The summed E-state index contributed by atoms with van der Waals surface area (Å²) in [7, 11) is 3.34. The van der Waals surface area contributed by atoms with Crippen LogP contribution in [0.15, 0.2) is 48.5 Å². The molecule has 2 aliphatic rings. The van der Waals surface area contributed by atoms with Crippen molar-refractivity contribution >= 4 is 51.4 Å². The number of rotatable bonds is 10. The Morgan fingerprint density at radius 3 is 2.04 bits per heavy atom. The number of benzene rings is 2. The van der Waals surface area contributed by atoms with Crippen molar-refractivity contribution < 1.29 is 43.0 Å². The summed E-state index contributed by atoms with van der Waals surface area (Å²) in [6.45, 7) is 6.12. The second-order valence-corrected chi connectivity index (χ2v) is 14.2. The molecule has 2 aromatic carbocycles. The molecule has 2 atom stereocenters. The summed E-state index contributed by atoms with van der Waals surface area (Å²) >= 11 is 0. The first-order valence-corrected chi connectivity index (χ1v) is 17.3. The van der Waals surface area contributed by atoms with Crippen LogP contribution in [-0.4, -0.2) is 81.1 Å². The summed E-state index contributed by atoms with van der Waals surface area (Å²) in [6, 6.07) is 11.2. The molecule has 248 valence electrons. The number of nitro benzene ring substituents is 1. The van der Waals surface area contributed by atoms with Crippen molar-refractivity contribution in [2.45, 2.75) is 70.7 Å². The average molecular weight is 676 g/mol. The van der Waals surface area contributed by atoms with Gasteiger partial charge in [0.1, 0.15) is 23.7 Å². The molecule has 0 aromatic heterocycles. The van der Waals surface area contributed by atoms with Crippen LogP contribution >= 0.6 is 21.6 Å². The minimum absolute atomic E-state index is 0.0224. The van der Waals surface area contributed by atoms with Crippen molar-refractivity contribution in [1.82, 2.24) is 9.80 Å². The monoisotopic (exact) mass is 675 g/mol. The second kappa shape index (κ2) is 16.0. The van der Waals surface area contributed by atoms with E-state index in [1.165, 1.54) is 24.3 Å². The molecule has 0 N–H and O–H groups in total. The molecule has 0 unspecified atom stereocenters. The molecule has 2 heterocycles. The number of nitrogens with zero attached hydrogens (tertiary/aromatic N) is 3. The predicted octanol–water partition coefficient (Wildman–Crippen LogP) is 5.99. The lowest BCUT2D eigenvalue weighted by atomic mass is 10.0. The van der Waals surface area contributed by atoms with E-state index >= 15 is 0 Å². The van der Waals surface area contributed by atoms with Gasteiger partial charge in [-0.1, -0.05) is 33.7 Å². The fourth-order valence-corrected chi connectivity index (χ4v) is 7.62. The van der Waals surface area contributed by atoms with Crippen LogP contribution in [0.2, 0.25) is 0 Å². The third kappa shape index (κ3) is 10.3. The molecule has 0 bridgehead atoms. The number of nitro groups is 1. The lowest BCUT2D eigenvalue weighted by molar-refractivity contribution is -0.384. The molecular formula is C31H37N3O10S2. The number of hydrogen-bond donors (Lipinski definition) is 0. The molecule has 4 rings (SSSR count). The van der Waals surface area contributed by atoms with Gasteiger partial charge in [0.05, 0.1) is 17.0 Å². The molecule has 0 spiro atoms. The van der Waals surface area contributed by atoms with Gasteiger partial charge in [-0.15, -0.1) is 0 Å². The molecule has 2 aliphatic heterocycles. The molecule has 46 heavy (non-hydrogen) atoms. The Labute approximate surface area is 274 Å². The van der Waals surface area contributed by atoms with E-state index in [-0.39, 0.29) is 48.4 Å². The lowest BCUT2D eigenvalue weighted by Gasteiger charge is -2.48. The summed E-state index contributed by atoms with van der Waals surface area (Å²) in [5.41, 5.74) is -0.0357. The number of amides is 2. The lowest BCUT2D eigenvalue weighted by Crippen LogP contribution is -2.65. The van der Waals surface area contributed by atoms with Gasteiger partial charge in [0.15, 0.2) is 0 Å². The highest BCUT2D eigenvalue weighted by Gasteiger charge is 2.43. The molecular weight excluding hydrogens is 638 g/mol. The third-order valence-electron chi connectivity index (χ3n) is 7.12. The molecule has 0 radical (unpaired) electrons. The van der Waals surface area contributed by atoms with Gasteiger partial charge in [0, 0.05) is 49.6 Å². The highest BCUT2D eigenvalue weighted by Crippen LogP contribution is 2.37. The molecule has 0 aliphatic carbocycles. The first-order chi connectivity index (χ1) is 21.9. The highest BCUT2D eigenvalue weighted by atomic mass is 33.1.